The number of hydrogen-bond donors (Lipinski definition) is 1. The van der Waals surface area contributed by atoms with E-state index in [-0.39, 0.29) is 18.9 Å². The minimum absolute atomic E-state index is 0.0483. The van der Waals surface area contributed by atoms with Crippen LogP contribution in [0.4, 0.5) is 0 Å². The van der Waals surface area contributed by atoms with Crippen LogP contribution in [0.15, 0.2) is 65.7 Å². The van der Waals surface area contributed by atoms with E-state index in [0.717, 1.165) is 29.0 Å². The van der Waals surface area contributed by atoms with Crippen molar-refractivity contribution >= 4 is 46.3 Å². The highest BCUT2D eigenvalue weighted by Crippen LogP contribution is 2.35. The van der Waals surface area contributed by atoms with Gasteiger partial charge in [0.15, 0.2) is 0 Å². The minimum Gasteiger partial charge on any atom is -0.494 e. The molecule has 9 heteroatoms. The Morgan fingerprint density at radius 3 is 2.59 bits per heavy atom. The highest BCUT2D eigenvalue weighted by Gasteiger charge is 2.32. The highest BCUT2D eigenvalue weighted by molar-refractivity contribution is 8.26. The first kappa shape index (κ1) is 23.7. The maximum Gasteiger partial charge on any atom is 0.305 e. The fraction of sp³-hybridized carbons (Fsp3) is 0.200. The van der Waals surface area contributed by atoms with E-state index in [2.05, 4.69) is 6.92 Å². The molecule has 0 bridgehead atoms. The summed E-state index contributed by atoms with van der Waals surface area (Å²) >= 11 is 6.49. The largest absolute Gasteiger partial charge is 0.494 e. The number of benzene rings is 2. The Labute approximate surface area is 207 Å². The smallest absolute Gasteiger partial charge is 0.305 e. The quantitative estimate of drug-likeness (QED) is 0.332. The summed E-state index contributed by atoms with van der Waals surface area (Å²) in [6.45, 7) is 2.75. The molecular weight excluding hydrogens is 470 g/mol. The van der Waals surface area contributed by atoms with Gasteiger partial charge in [0.25, 0.3) is 5.91 Å². The first-order valence-electron chi connectivity index (χ1n) is 10.8. The lowest BCUT2D eigenvalue weighted by molar-refractivity contribution is -0.137. The summed E-state index contributed by atoms with van der Waals surface area (Å²) in [7, 11) is 0. The van der Waals surface area contributed by atoms with E-state index in [0.29, 0.717) is 21.5 Å². The van der Waals surface area contributed by atoms with Gasteiger partial charge in [-0.3, -0.25) is 14.5 Å². The fourth-order valence-electron chi connectivity index (χ4n) is 3.40. The van der Waals surface area contributed by atoms with E-state index < -0.39 is 5.97 Å². The number of hydrogen-bond acceptors (Lipinski definition) is 6. The molecule has 1 aromatic heterocycles. The zero-order valence-corrected chi connectivity index (χ0v) is 20.1. The second kappa shape index (κ2) is 10.7. The molecule has 1 aliphatic rings. The van der Waals surface area contributed by atoms with Crippen molar-refractivity contribution in [2.45, 2.75) is 19.8 Å². The van der Waals surface area contributed by atoms with Crippen LogP contribution in [0.3, 0.4) is 0 Å². The standard InChI is InChI=1S/C25H23N3O4S2/c1-2-14-32-20-10-8-17(9-11-20)23-18(16-28(26-23)19-6-4-3-5-7-19)15-21-24(31)27(25(33)34-21)13-12-22(29)30/h3-11,15-16H,2,12-14H2,1H3,(H,29,30)/b21-15-. The van der Waals surface area contributed by atoms with Gasteiger partial charge in [0.05, 0.1) is 29.3 Å². The molecule has 0 spiro atoms. The summed E-state index contributed by atoms with van der Waals surface area (Å²) in [5, 5.41) is 13.8. The average Bonchev–Trinajstić information content (AvgIpc) is 3.38. The van der Waals surface area contributed by atoms with Crippen LogP contribution in [0, 0.1) is 0 Å². The topological polar surface area (TPSA) is 84.7 Å². The molecule has 0 aliphatic carbocycles. The highest BCUT2D eigenvalue weighted by atomic mass is 32.2. The number of rotatable bonds is 9. The number of nitrogens with zero attached hydrogens (tertiary/aromatic N) is 3. The first-order valence-corrected chi connectivity index (χ1v) is 12.0. The van der Waals surface area contributed by atoms with Crippen molar-refractivity contribution in [2.75, 3.05) is 13.2 Å². The molecule has 0 radical (unpaired) electrons. The van der Waals surface area contributed by atoms with E-state index in [1.165, 1.54) is 16.7 Å². The summed E-state index contributed by atoms with van der Waals surface area (Å²) in [6.07, 6.45) is 4.40. The SMILES string of the molecule is CCCOc1ccc(-c2nn(-c3ccccc3)cc2/C=C2\SC(=S)N(CCC(=O)O)C2=O)cc1. The predicted molar refractivity (Wildman–Crippen MR) is 137 cm³/mol. The number of thiocarbonyl (C=S) groups is 1. The van der Waals surface area contributed by atoms with Crippen molar-refractivity contribution in [2.24, 2.45) is 0 Å². The zero-order valence-electron chi connectivity index (χ0n) is 18.5. The lowest BCUT2D eigenvalue weighted by Gasteiger charge is -2.12. The number of para-hydroxylation sites is 1. The zero-order chi connectivity index (χ0) is 24.1. The van der Waals surface area contributed by atoms with E-state index in [9.17, 15) is 9.59 Å². The molecular formula is C25H23N3O4S2. The molecule has 2 aromatic carbocycles. The number of carbonyl (C=O) groups excluding carboxylic acids is 1. The molecule has 1 amide bonds. The van der Waals surface area contributed by atoms with Crippen LogP contribution in [0.2, 0.25) is 0 Å². The Kier molecular flexibility index (Phi) is 7.44. The van der Waals surface area contributed by atoms with Crippen LogP contribution >= 0.6 is 24.0 Å². The van der Waals surface area contributed by atoms with Crippen LogP contribution in [0.1, 0.15) is 25.3 Å². The number of amides is 1. The number of carbonyl (C=O) groups is 2. The molecule has 3 aromatic rings. The molecule has 4 rings (SSSR count). The molecule has 0 saturated carbocycles. The molecule has 1 N–H and O–H groups in total. The summed E-state index contributed by atoms with van der Waals surface area (Å²) in [4.78, 5) is 25.6. The van der Waals surface area contributed by atoms with Crippen LogP contribution in [0.25, 0.3) is 23.0 Å². The van der Waals surface area contributed by atoms with Crippen molar-refractivity contribution in [1.82, 2.24) is 14.7 Å². The van der Waals surface area contributed by atoms with Crippen LogP contribution in [-0.4, -0.2) is 49.1 Å². The number of carboxylic acids is 1. The van der Waals surface area contributed by atoms with Gasteiger partial charge in [0, 0.05) is 23.9 Å². The van der Waals surface area contributed by atoms with E-state index >= 15 is 0 Å². The Morgan fingerprint density at radius 1 is 1.18 bits per heavy atom. The second-order valence-corrected chi connectivity index (χ2v) is 9.24. The Morgan fingerprint density at radius 2 is 1.91 bits per heavy atom. The molecule has 1 aliphatic heterocycles. The summed E-state index contributed by atoms with van der Waals surface area (Å²) in [5.74, 6) is -0.484. The number of carboxylic acid groups (broad SMARTS) is 1. The Balaban J connectivity index is 1.70. The van der Waals surface area contributed by atoms with Gasteiger partial charge in [-0.2, -0.15) is 5.10 Å². The maximum atomic E-state index is 12.9. The Hall–Kier alpha value is -3.43. The van der Waals surface area contributed by atoms with Crippen molar-refractivity contribution in [1.29, 1.82) is 0 Å². The van der Waals surface area contributed by atoms with Crippen LogP contribution in [0.5, 0.6) is 5.75 Å². The summed E-state index contributed by atoms with van der Waals surface area (Å²) in [5.41, 5.74) is 3.23. The number of thioether (sulfide) groups is 1. The second-order valence-electron chi connectivity index (χ2n) is 7.56. The molecule has 0 atom stereocenters. The minimum atomic E-state index is -0.976. The Bertz CT molecular complexity index is 1240. The third-order valence-electron chi connectivity index (χ3n) is 5.07. The number of aromatic nitrogens is 2. The molecule has 1 saturated heterocycles. The van der Waals surface area contributed by atoms with Gasteiger partial charge >= 0.3 is 5.97 Å². The van der Waals surface area contributed by atoms with Gasteiger partial charge in [-0.05, 0) is 48.9 Å². The van der Waals surface area contributed by atoms with Crippen molar-refractivity contribution in [3.63, 3.8) is 0 Å². The molecule has 1 fully saturated rings. The number of ether oxygens (including phenoxy) is 1. The number of aliphatic carboxylic acids is 1. The van der Waals surface area contributed by atoms with Crippen molar-refractivity contribution in [3.05, 3.63) is 71.3 Å². The van der Waals surface area contributed by atoms with Gasteiger partial charge in [-0.25, -0.2) is 4.68 Å². The lowest BCUT2D eigenvalue weighted by Crippen LogP contribution is -2.30. The lowest BCUT2D eigenvalue weighted by atomic mass is 10.1. The molecule has 7 nitrogen and oxygen atoms in total. The first-order chi connectivity index (χ1) is 16.5. The van der Waals surface area contributed by atoms with E-state index in [1.807, 2.05) is 60.8 Å². The predicted octanol–water partition coefficient (Wildman–Crippen LogP) is 5.00. The van der Waals surface area contributed by atoms with Gasteiger partial charge in [-0.1, -0.05) is 49.1 Å². The third kappa shape index (κ3) is 5.37. The fourth-order valence-corrected chi connectivity index (χ4v) is 4.70. The van der Waals surface area contributed by atoms with Gasteiger partial charge in [0.1, 0.15) is 10.1 Å². The maximum absolute atomic E-state index is 12.9. The third-order valence-corrected chi connectivity index (χ3v) is 6.45. The monoisotopic (exact) mass is 493 g/mol. The van der Waals surface area contributed by atoms with Crippen molar-refractivity contribution in [3.8, 4) is 22.7 Å². The van der Waals surface area contributed by atoms with Gasteiger partial charge < -0.3 is 9.84 Å². The molecule has 34 heavy (non-hydrogen) atoms. The van der Waals surface area contributed by atoms with E-state index in [4.69, 9.17) is 27.2 Å². The summed E-state index contributed by atoms with van der Waals surface area (Å²) < 4.78 is 7.81. The normalized spacial score (nSPS) is 14.7. The molecule has 2 heterocycles. The van der Waals surface area contributed by atoms with Crippen LogP contribution < -0.4 is 4.74 Å². The average molecular weight is 494 g/mol. The summed E-state index contributed by atoms with van der Waals surface area (Å²) in [6, 6.07) is 17.4. The molecule has 0 unspecified atom stereocenters. The van der Waals surface area contributed by atoms with E-state index in [1.54, 1.807) is 10.8 Å². The van der Waals surface area contributed by atoms with Gasteiger partial charge in [-0.15, -0.1) is 0 Å². The van der Waals surface area contributed by atoms with Crippen LogP contribution in [-0.2, 0) is 9.59 Å². The van der Waals surface area contributed by atoms with Crippen molar-refractivity contribution < 1.29 is 19.4 Å². The van der Waals surface area contributed by atoms with Gasteiger partial charge in [0.2, 0.25) is 0 Å². The molecule has 174 valence electrons.